The van der Waals surface area contributed by atoms with Crippen molar-refractivity contribution in [3.05, 3.63) is 108 Å². The van der Waals surface area contributed by atoms with Crippen molar-refractivity contribution in [1.82, 2.24) is 15.0 Å². The first-order valence-electron chi connectivity index (χ1n) is 11.3. The highest BCUT2D eigenvalue weighted by Gasteiger charge is 2.31. The molecule has 0 radical (unpaired) electrons. The van der Waals surface area contributed by atoms with E-state index in [0.29, 0.717) is 0 Å². The monoisotopic (exact) mass is 417 g/mol. The summed E-state index contributed by atoms with van der Waals surface area (Å²) in [6, 6.07) is 25.9. The number of hydrogen-bond acceptors (Lipinski definition) is 0. The van der Waals surface area contributed by atoms with Crippen LogP contribution >= 0.6 is 0 Å². The lowest BCUT2D eigenvalue weighted by molar-refractivity contribution is 0.456. The molecule has 3 nitrogen and oxygen atoms in total. The number of hydrogen-bond donors (Lipinski definition) is 3. The third-order valence-corrected chi connectivity index (χ3v) is 7.03. The molecule has 0 saturated heterocycles. The van der Waals surface area contributed by atoms with Gasteiger partial charge in [-0.2, -0.15) is 0 Å². The molecule has 0 unspecified atom stereocenters. The van der Waals surface area contributed by atoms with Crippen molar-refractivity contribution in [2.75, 3.05) is 0 Å². The van der Waals surface area contributed by atoms with Gasteiger partial charge in [0, 0.05) is 57.2 Å². The van der Waals surface area contributed by atoms with Crippen molar-refractivity contribution < 1.29 is 0 Å². The summed E-state index contributed by atoms with van der Waals surface area (Å²) in [5.74, 6) is 0.256. The van der Waals surface area contributed by atoms with Crippen LogP contribution in [0.3, 0.4) is 0 Å². The summed E-state index contributed by atoms with van der Waals surface area (Å²) in [6.45, 7) is 4.75. The molecule has 0 aliphatic rings. The predicted octanol–water partition coefficient (Wildman–Crippen LogP) is 7.63. The fourth-order valence-electron chi connectivity index (χ4n) is 5.40. The molecule has 0 aliphatic heterocycles. The SMILES string of the molecule is CC(C)(CC(c1c[nH]c2ccccc12)c1c[nH]c2ccccc12)c1c[nH]c2ccccc12. The molecule has 3 heterocycles. The van der Waals surface area contributed by atoms with Gasteiger partial charge in [-0.1, -0.05) is 68.4 Å². The fraction of sp³-hybridized carbons (Fsp3) is 0.172. The van der Waals surface area contributed by atoms with Crippen molar-refractivity contribution in [3.8, 4) is 0 Å². The van der Waals surface area contributed by atoms with Gasteiger partial charge in [0.05, 0.1) is 0 Å². The van der Waals surface area contributed by atoms with Crippen LogP contribution in [0.1, 0.15) is 42.9 Å². The summed E-state index contributed by atoms with van der Waals surface area (Å²) < 4.78 is 0. The smallest absolute Gasteiger partial charge is 0.0457 e. The minimum Gasteiger partial charge on any atom is -0.361 e. The number of aromatic amines is 3. The summed E-state index contributed by atoms with van der Waals surface area (Å²) in [5.41, 5.74) is 7.65. The summed E-state index contributed by atoms with van der Waals surface area (Å²) in [5, 5.41) is 3.92. The first kappa shape index (κ1) is 19.0. The van der Waals surface area contributed by atoms with Crippen molar-refractivity contribution in [2.45, 2.75) is 31.6 Å². The minimum atomic E-state index is -0.0268. The highest BCUT2D eigenvalue weighted by Crippen LogP contribution is 2.44. The van der Waals surface area contributed by atoms with Crippen molar-refractivity contribution in [3.63, 3.8) is 0 Å². The number of rotatable bonds is 5. The number of aromatic nitrogens is 3. The molecule has 0 aliphatic carbocycles. The van der Waals surface area contributed by atoms with Crippen molar-refractivity contribution in [2.24, 2.45) is 0 Å². The van der Waals surface area contributed by atoms with Gasteiger partial charge in [-0.3, -0.25) is 0 Å². The molecule has 3 heteroatoms. The van der Waals surface area contributed by atoms with Crippen LogP contribution in [-0.4, -0.2) is 15.0 Å². The summed E-state index contributed by atoms with van der Waals surface area (Å²) in [4.78, 5) is 10.5. The molecule has 6 rings (SSSR count). The average Bonchev–Trinajstić information content (AvgIpc) is 3.54. The van der Waals surface area contributed by atoms with E-state index < -0.39 is 0 Å². The number of benzene rings is 3. The van der Waals surface area contributed by atoms with Gasteiger partial charge in [-0.15, -0.1) is 0 Å². The van der Waals surface area contributed by atoms with Crippen LogP contribution in [0.5, 0.6) is 0 Å². The van der Waals surface area contributed by atoms with E-state index in [-0.39, 0.29) is 11.3 Å². The van der Waals surface area contributed by atoms with E-state index in [9.17, 15) is 0 Å². The van der Waals surface area contributed by atoms with Crippen LogP contribution in [0, 0.1) is 0 Å². The molecule has 3 N–H and O–H groups in total. The highest BCUT2D eigenvalue weighted by atomic mass is 14.7. The molecule has 6 aromatic rings. The van der Waals surface area contributed by atoms with Gasteiger partial charge in [-0.25, -0.2) is 0 Å². The first-order chi connectivity index (χ1) is 15.6. The second-order valence-corrected chi connectivity index (χ2v) is 9.47. The Kier molecular flexibility index (Phi) is 4.25. The number of H-pyrrole nitrogens is 3. The molecular formula is C29H27N3. The predicted molar refractivity (Wildman–Crippen MR) is 134 cm³/mol. The first-order valence-corrected chi connectivity index (χ1v) is 11.3. The Bertz CT molecular complexity index is 1470. The van der Waals surface area contributed by atoms with Crippen LogP contribution < -0.4 is 0 Å². The van der Waals surface area contributed by atoms with E-state index in [1.807, 2.05) is 0 Å². The molecule has 0 atom stereocenters. The summed E-state index contributed by atoms with van der Waals surface area (Å²) in [7, 11) is 0. The van der Waals surface area contributed by atoms with Crippen LogP contribution in [0.2, 0.25) is 0 Å². The lowest BCUT2D eigenvalue weighted by Crippen LogP contribution is -2.21. The van der Waals surface area contributed by atoms with Gasteiger partial charge in [0.25, 0.3) is 0 Å². The second-order valence-electron chi connectivity index (χ2n) is 9.47. The third kappa shape index (κ3) is 2.96. The standard InChI is InChI=1S/C29H27N3/c1-29(2,25-18-32-28-14-8-5-11-21(25)28)15-22(23-16-30-26-12-6-3-9-19(23)26)24-17-31-27-13-7-4-10-20(24)27/h3-14,16-18,22,30-32H,15H2,1-2H3. The number of nitrogens with one attached hydrogen (secondary N) is 3. The van der Waals surface area contributed by atoms with Crippen LogP contribution in [0.15, 0.2) is 91.4 Å². The van der Waals surface area contributed by atoms with Gasteiger partial charge in [0.2, 0.25) is 0 Å². The Labute approximate surface area is 187 Å². The van der Waals surface area contributed by atoms with E-state index in [2.05, 4.69) is 120 Å². The molecular weight excluding hydrogens is 390 g/mol. The van der Waals surface area contributed by atoms with Gasteiger partial charge >= 0.3 is 0 Å². The van der Waals surface area contributed by atoms with Crippen LogP contribution in [0.25, 0.3) is 32.7 Å². The molecule has 0 fully saturated rings. The Balaban J connectivity index is 1.53. The zero-order valence-electron chi connectivity index (χ0n) is 18.4. The summed E-state index contributed by atoms with van der Waals surface area (Å²) >= 11 is 0. The van der Waals surface area contributed by atoms with Gasteiger partial charge in [-0.05, 0) is 46.7 Å². The molecule has 3 aromatic heterocycles. The molecule has 0 bridgehead atoms. The van der Waals surface area contributed by atoms with Gasteiger partial charge in [0.1, 0.15) is 0 Å². The van der Waals surface area contributed by atoms with Crippen molar-refractivity contribution in [1.29, 1.82) is 0 Å². The number of fused-ring (bicyclic) bond motifs is 3. The van der Waals surface area contributed by atoms with E-state index in [1.54, 1.807) is 0 Å². The molecule has 0 spiro atoms. The molecule has 158 valence electrons. The van der Waals surface area contributed by atoms with Crippen LogP contribution in [-0.2, 0) is 5.41 Å². The fourth-order valence-corrected chi connectivity index (χ4v) is 5.40. The Hall–Kier alpha value is -3.72. The maximum atomic E-state index is 3.51. The largest absolute Gasteiger partial charge is 0.361 e. The normalized spacial score (nSPS) is 12.5. The Morgan fingerprint density at radius 1 is 0.594 bits per heavy atom. The van der Waals surface area contributed by atoms with E-state index >= 15 is 0 Å². The Morgan fingerprint density at radius 3 is 1.59 bits per heavy atom. The molecule has 32 heavy (non-hydrogen) atoms. The van der Waals surface area contributed by atoms with Crippen LogP contribution in [0.4, 0.5) is 0 Å². The van der Waals surface area contributed by atoms with E-state index in [4.69, 9.17) is 0 Å². The zero-order valence-corrected chi connectivity index (χ0v) is 18.4. The minimum absolute atomic E-state index is 0.0268. The highest BCUT2D eigenvalue weighted by molar-refractivity contribution is 5.88. The lowest BCUT2D eigenvalue weighted by atomic mass is 9.73. The zero-order chi connectivity index (χ0) is 21.7. The maximum absolute atomic E-state index is 3.51. The second kappa shape index (κ2) is 7.16. The molecule has 0 amide bonds. The summed E-state index contributed by atoms with van der Waals surface area (Å²) in [6.07, 6.45) is 7.62. The van der Waals surface area contributed by atoms with E-state index in [0.717, 1.165) is 6.42 Å². The average molecular weight is 418 g/mol. The van der Waals surface area contributed by atoms with Crippen molar-refractivity contribution >= 4 is 32.7 Å². The number of para-hydroxylation sites is 3. The van der Waals surface area contributed by atoms with Gasteiger partial charge < -0.3 is 15.0 Å². The third-order valence-electron chi connectivity index (χ3n) is 7.03. The van der Waals surface area contributed by atoms with E-state index in [1.165, 1.54) is 49.4 Å². The van der Waals surface area contributed by atoms with Gasteiger partial charge in [0.15, 0.2) is 0 Å². The maximum Gasteiger partial charge on any atom is 0.0457 e. The Morgan fingerprint density at radius 2 is 1.03 bits per heavy atom. The topological polar surface area (TPSA) is 47.4 Å². The lowest BCUT2D eigenvalue weighted by Gasteiger charge is -2.30. The quantitative estimate of drug-likeness (QED) is 0.258. The molecule has 0 saturated carbocycles. The molecule has 3 aromatic carbocycles.